The Morgan fingerprint density at radius 2 is 1.45 bits per heavy atom. The van der Waals surface area contributed by atoms with Crippen LogP contribution in [-0.2, 0) is 23.7 Å². The summed E-state index contributed by atoms with van der Waals surface area (Å²) in [5, 5.41) is 84.0. The summed E-state index contributed by atoms with van der Waals surface area (Å²) < 4.78 is 22.0. The van der Waals surface area contributed by atoms with Gasteiger partial charge in [0.25, 0.3) is 0 Å². The third-order valence-electron chi connectivity index (χ3n) is 7.12. The van der Waals surface area contributed by atoms with Crippen LogP contribution in [0.3, 0.4) is 0 Å². The molecule has 0 spiro atoms. The Kier molecular flexibility index (Phi) is 9.58. The van der Waals surface area contributed by atoms with Gasteiger partial charge in [-0.2, -0.15) is 0 Å². The van der Waals surface area contributed by atoms with Crippen LogP contribution in [0.25, 0.3) is 0 Å². The predicted octanol–water partition coefficient (Wildman–Crippen LogP) is -9.10. The van der Waals surface area contributed by atoms with E-state index in [-0.39, 0.29) is 6.29 Å². The summed E-state index contributed by atoms with van der Waals surface area (Å²) in [6.07, 6.45) is -18.0. The van der Waals surface area contributed by atoms with Crippen molar-refractivity contribution in [2.45, 2.75) is 97.8 Å². The lowest BCUT2D eigenvalue weighted by Crippen LogP contribution is -2.66. The molecule has 0 aromatic heterocycles. The summed E-state index contributed by atoms with van der Waals surface area (Å²) in [6.45, 7) is 0.0872. The Morgan fingerprint density at radius 3 is 1.98 bits per heavy atom. The van der Waals surface area contributed by atoms with Crippen molar-refractivity contribution in [1.82, 2.24) is 0 Å². The van der Waals surface area contributed by atoms with Crippen molar-refractivity contribution in [3.05, 3.63) is 0 Å². The summed E-state index contributed by atoms with van der Waals surface area (Å²) in [6, 6.07) is -4.64. The average molecular weight is 584 g/mol. The minimum absolute atomic E-state index is 0.131. The number of ether oxygens (including phenoxy) is 4. The molecule has 2 aliphatic heterocycles. The normalized spacial score (nSPS) is 49.3. The number of aliphatic hydroxyl groups is 8. The first-order valence-electron chi connectivity index (χ1n) is 12.0. The van der Waals surface area contributed by atoms with Crippen molar-refractivity contribution in [3.8, 4) is 0 Å². The van der Waals surface area contributed by atoms with Gasteiger partial charge in [-0.05, 0) is 6.92 Å². The molecule has 0 amide bonds. The Morgan fingerprint density at radius 1 is 0.875 bits per heavy atom. The second-order valence-corrected chi connectivity index (χ2v) is 9.91. The predicted molar refractivity (Wildman–Crippen MR) is 129 cm³/mol. The minimum atomic E-state index is -2.92. The Hall–Kier alpha value is -2.31. The van der Waals surface area contributed by atoms with Gasteiger partial charge in [-0.1, -0.05) is 0 Å². The number of nitrogens with two attached hydrogens (primary N) is 5. The molecule has 1 saturated carbocycles. The van der Waals surface area contributed by atoms with E-state index in [1.54, 1.807) is 0 Å². The van der Waals surface area contributed by atoms with Crippen molar-refractivity contribution in [2.75, 3.05) is 6.61 Å². The number of carbonyl (C=O) groups is 1. The average Bonchev–Trinajstić information content (AvgIpc) is 3.07. The smallest absolute Gasteiger partial charge is 0.205 e. The van der Waals surface area contributed by atoms with Crippen LogP contribution in [0.1, 0.15) is 6.92 Å². The Bertz CT molecular complexity index is 965. The summed E-state index contributed by atoms with van der Waals surface area (Å²) in [5.41, 5.74) is 24.6. The molecule has 15 atom stereocenters. The zero-order valence-electron chi connectivity index (χ0n) is 21.2. The molecule has 0 radical (unpaired) electrons. The molecule has 2 heterocycles. The molecule has 20 nitrogen and oxygen atoms in total. The Labute approximate surface area is 226 Å². The van der Waals surface area contributed by atoms with E-state index in [1.807, 2.05) is 0 Å². The van der Waals surface area contributed by atoms with E-state index in [2.05, 4.69) is 9.98 Å². The van der Waals surface area contributed by atoms with Gasteiger partial charge in [-0.25, -0.2) is 9.98 Å². The molecule has 0 aromatic rings. The molecule has 20 heteroatoms. The second kappa shape index (κ2) is 11.9. The van der Waals surface area contributed by atoms with Gasteiger partial charge >= 0.3 is 0 Å². The largest absolute Gasteiger partial charge is 0.394 e. The number of carbonyl (C=O) groups excluding carboxylic acids is 1. The highest BCUT2D eigenvalue weighted by Gasteiger charge is 2.67. The highest BCUT2D eigenvalue weighted by molar-refractivity contribution is 5.76. The molecule has 0 bridgehead atoms. The number of guanidine groups is 2. The first-order chi connectivity index (χ1) is 18.5. The summed E-state index contributed by atoms with van der Waals surface area (Å²) in [7, 11) is 0. The lowest BCUT2D eigenvalue weighted by Gasteiger charge is -2.45. The maximum atomic E-state index is 12.0. The highest BCUT2D eigenvalue weighted by atomic mass is 16.8. The lowest BCUT2D eigenvalue weighted by molar-refractivity contribution is -0.314. The molecule has 230 valence electrons. The number of aliphatic hydroxyl groups excluding tert-OH is 6. The van der Waals surface area contributed by atoms with Crippen molar-refractivity contribution in [3.63, 3.8) is 0 Å². The van der Waals surface area contributed by atoms with E-state index in [0.29, 0.717) is 0 Å². The van der Waals surface area contributed by atoms with Gasteiger partial charge in [0.05, 0.1) is 12.6 Å². The SMILES string of the molecule is CC1(O)OC(OC2C(O)C(O)C(N=C(N)N)C(O)C2N=C(N)N)C(OC2OC(CO)C(O)C(O)C2N)C1(O)C=O. The van der Waals surface area contributed by atoms with E-state index in [1.165, 1.54) is 0 Å². The van der Waals surface area contributed by atoms with Gasteiger partial charge in [0.2, 0.25) is 11.4 Å². The zero-order valence-corrected chi connectivity index (χ0v) is 21.2. The number of hydrogen-bond donors (Lipinski definition) is 13. The Balaban J connectivity index is 1.99. The van der Waals surface area contributed by atoms with Crippen LogP contribution < -0.4 is 28.7 Å². The van der Waals surface area contributed by atoms with Gasteiger partial charge in [0.1, 0.15) is 54.8 Å². The molecule has 3 rings (SSSR count). The van der Waals surface area contributed by atoms with E-state index in [0.717, 1.165) is 6.92 Å². The fraction of sp³-hybridized carbons (Fsp3) is 0.850. The monoisotopic (exact) mass is 583 g/mol. The summed E-state index contributed by atoms with van der Waals surface area (Å²) >= 11 is 0. The summed E-state index contributed by atoms with van der Waals surface area (Å²) in [5.74, 6) is -3.86. The third kappa shape index (κ3) is 5.72. The molecule has 0 aromatic carbocycles. The number of rotatable bonds is 8. The fourth-order valence-electron chi connectivity index (χ4n) is 4.83. The second-order valence-electron chi connectivity index (χ2n) is 9.91. The van der Waals surface area contributed by atoms with Crippen molar-refractivity contribution in [1.29, 1.82) is 0 Å². The molecular formula is C20H37N7O13. The maximum Gasteiger partial charge on any atom is 0.205 e. The molecule has 3 aliphatic rings. The van der Waals surface area contributed by atoms with Crippen molar-refractivity contribution in [2.24, 2.45) is 38.7 Å². The molecule has 18 N–H and O–H groups in total. The van der Waals surface area contributed by atoms with E-state index >= 15 is 0 Å². The molecule has 15 unspecified atom stereocenters. The van der Waals surface area contributed by atoms with Crippen LogP contribution in [0.2, 0.25) is 0 Å². The maximum absolute atomic E-state index is 12.0. The molecule has 1 aliphatic carbocycles. The fourth-order valence-corrected chi connectivity index (χ4v) is 4.83. The molecular weight excluding hydrogens is 546 g/mol. The lowest BCUT2D eigenvalue weighted by atomic mass is 9.81. The highest BCUT2D eigenvalue weighted by Crippen LogP contribution is 2.42. The topological polar surface area (TPSA) is 371 Å². The van der Waals surface area contributed by atoms with E-state index in [4.69, 9.17) is 47.6 Å². The van der Waals surface area contributed by atoms with Crippen LogP contribution in [0.4, 0.5) is 0 Å². The van der Waals surface area contributed by atoms with Crippen molar-refractivity contribution < 1.29 is 64.6 Å². The van der Waals surface area contributed by atoms with Crippen LogP contribution in [-0.4, -0.2) is 157 Å². The quantitative estimate of drug-likeness (QED) is 0.0716. The van der Waals surface area contributed by atoms with Crippen LogP contribution >= 0.6 is 0 Å². The van der Waals surface area contributed by atoms with Crippen LogP contribution in [0, 0.1) is 0 Å². The standard InChI is InChI=1S/C20H37N7O13/c1-19(35)20(36,3-29)14(39-15-5(21)9(31)8(30)4(2-28)37-15)16(40-19)38-13-7(27-18(24)25)10(32)6(26-17(22)23)11(33)12(13)34/h3-16,28,30-36H,2,21H2,1H3,(H4,22,23,26)(H4,24,25,27). The number of aldehydes is 1. The van der Waals surface area contributed by atoms with Gasteiger partial charge in [0.15, 0.2) is 36.9 Å². The van der Waals surface area contributed by atoms with Gasteiger partial charge in [-0.15, -0.1) is 0 Å². The van der Waals surface area contributed by atoms with Gasteiger partial charge in [-0.3, -0.25) is 4.79 Å². The minimum Gasteiger partial charge on any atom is -0.394 e. The molecule has 3 fully saturated rings. The number of aliphatic imine (C=N–C) groups is 2. The number of hydrogen-bond acceptors (Lipinski definition) is 16. The summed E-state index contributed by atoms with van der Waals surface area (Å²) in [4.78, 5) is 19.5. The van der Waals surface area contributed by atoms with Crippen LogP contribution in [0.15, 0.2) is 9.98 Å². The first-order valence-corrected chi connectivity index (χ1v) is 12.0. The first kappa shape index (κ1) is 32.2. The van der Waals surface area contributed by atoms with Crippen molar-refractivity contribution >= 4 is 18.2 Å². The van der Waals surface area contributed by atoms with Gasteiger partial charge in [0, 0.05) is 0 Å². The number of nitrogens with zero attached hydrogens (tertiary/aromatic N) is 2. The zero-order chi connectivity index (χ0) is 30.3. The van der Waals surface area contributed by atoms with E-state index < -0.39 is 109 Å². The van der Waals surface area contributed by atoms with Gasteiger partial charge < -0.3 is 88.5 Å². The third-order valence-corrected chi connectivity index (χ3v) is 7.12. The van der Waals surface area contributed by atoms with E-state index in [9.17, 15) is 45.6 Å². The molecule has 2 saturated heterocycles. The van der Waals surface area contributed by atoms with Crippen LogP contribution in [0.5, 0.6) is 0 Å². The molecule has 40 heavy (non-hydrogen) atoms.